The molecule has 1 saturated heterocycles. The molecule has 0 aliphatic carbocycles. The maximum atomic E-state index is 12.2. The zero-order chi connectivity index (χ0) is 18.4. The first-order chi connectivity index (χ1) is 11.9. The zero-order valence-electron chi connectivity index (χ0n) is 15.1. The molecule has 6 nitrogen and oxygen atoms in total. The predicted octanol–water partition coefficient (Wildman–Crippen LogP) is 1.98. The van der Waals surface area contributed by atoms with Crippen molar-refractivity contribution < 1.29 is 19.1 Å². The topological polar surface area (TPSA) is 75.7 Å². The van der Waals surface area contributed by atoms with Crippen LogP contribution < -0.4 is 5.32 Å². The van der Waals surface area contributed by atoms with Crippen LogP contribution in [-0.2, 0) is 14.3 Å². The molecule has 25 heavy (non-hydrogen) atoms. The Bertz CT molecular complexity index is 651. The van der Waals surface area contributed by atoms with Crippen molar-refractivity contribution in [2.24, 2.45) is 0 Å². The summed E-state index contributed by atoms with van der Waals surface area (Å²) in [6.45, 7) is 6.63. The van der Waals surface area contributed by atoms with Gasteiger partial charge in [0.1, 0.15) is 6.54 Å². The number of benzene rings is 1. The number of esters is 1. The van der Waals surface area contributed by atoms with E-state index in [1.807, 2.05) is 19.9 Å². The summed E-state index contributed by atoms with van der Waals surface area (Å²) in [6.07, 6.45) is 2.27. The Labute approximate surface area is 148 Å². The molecule has 2 rings (SSSR count). The summed E-state index contributed by atoms with van der Waals surface area (Å²) < 4.78 is 5.15. The standard InChI is InChI=1S/C19H26N2O4/c1-13-7-8-16(11-14(13)2)18(23)20-12-17(22)25-15(3)19(24)21-9-5-4-6-10-21/h7-8,11,15H,4-6,9-10,12H2,1-3H3,(H,20,23)/t15-/m0/s1. The Morgan fingerprint density at radius 2 is 1.80 bits per heavy atom. The van der Waals surface area contributed by atoms with Crippen molar-refractivity contribution >= 4 is 17.8 Å². The number of likely N-dealkylation sites (tertiary alicyclic amines) is 1. The summed E-state index contributed by atoms with van der Waals surface area (Å²) in [5, 5.41) is 2.53. The Morgan fingerprint density at radius 1 is 1.12 bits per heavy atom. The highest BCUT2D eigenvalue weighted by Crippen LogP contribution is 2.11. The van der Waals surface area contributed by atoms with Gasteiger partial charge in [0.05, 0.1) is 0 Å². The van der Waals surface area contributed by atoms with Gasteiger partial charge in [0.2, 0.25) is 0 Å². The van der Waals surface area contributed by atoms with Crippen LogP contribution in [0.3, 0.4) is 0 Å². The van der Waals surface area contributed by atoms with Gasteiger partial charge in [-0.15, -0.1) is 0 Å². The van der Waals surface area contributed by atoms with Gasteiger partial charge in [0, 0.05) is 18.7 Å². The number of hydrogen-bond acceptors (Lipinski definition) is 4. The normalized spacial score (nSPS) is 15.4. The van der Waals surface area contributed by atoms with Crippen LogP contribution >= 0.6 is 0 Å². The molecule has 0 saturated carbocycles. The second-order valence-corrected chi connectivity index (χ2v) is 6.50. The van der Waals surface area contributed by atoms with E-state index in [0.29, 0.717) is 18.7 Å². The van der Waals surface area contributed by atoms with Crippen molar-refractivity contribution in [2.45, 2.75) is 46.1 Å². The minimum atomic E-state index is -0.830. The third-order valence-corrected chi connectivity index (χ3v) is 4.49. The zero-order valence-corrected chi connectivity index (χ0v) is 15.1. The van der Waals surface area contributed by atoms with Crippen LogP contribution in [0.1, 0.15) is 47.7 Å². The molecule has 1 aliphatic heterocycles. The number of ether oxygens (including phenoxy) is 1. The summed E-state index contributed by atoms with van der Waals surface area (Å²) in [4.78, 5) is 37.9. The highest BCUT2D eigenvalue weighted by atomic mass is 16.5. The minimum absolute atomic E-state index is 0.173. The van der Waals surface area contributed by atoms with Crippen LogP contribution in [0.4, 0.5) is 0 Å². The fraction of sp³-hybridized carbons (Fsp3) is 0.526. The lowest BCUT2D eigenvalue weighted by Crippen LogP contribution is -2.43. The summed E-state index contributed by atoms with van der Waals surface area (Å²) in [7, 11) is 0. The summed E-state index contributed by atoms with van der Waals surface area (Å²) >= 11 is 0. The van der Waals surface area contributed by atoms with Gasteiger partial charge >= 0.3 is 5.97 Å². The van der Waals surface area contributed by atoms with E-state index >= 15 is 0 Å². The van der Waals surface area contributed by atoms with Crippen LogP contribution in [0.25, 0.3) is 0 Å². The van der Waals surface area contributed by atoms with Crippen molar-refractivity contribution in [1.29, 1.82) is 0 Å². The lowest BCUT2D eigenvalue weighted by Gasteiger charge is -2.28. The summed E-state index contributed by atoms with van der Waals surface area (Å²) in [6, 6.07) is 5.35. The Hall–Kier alpha value is -2.37. The van der Waals surface area contributed by atoms with Gasteiger partial charge in [-0.05, 0) is 63.3 Å². The van der Waals surface area contributed by atoms with E-state index in [0.717, 1.165) is 30.4 Å². The van der Waals surface area contributed by atoms with Crippen molar-refractivity contribution in [2.75, 3.05) is 19.6 Å². The van der Waals surface area contributed by atoms with E-state index in [-0.39, 0.29) is 18.4 Å². The van der Waals surface area contributed by atoms with Gasteiger partial charge in [-0.2, -0.15) is 0 Å². The van der Waals surface area contributed by atoms with Crippen molar-refractivity contribution in [1.82, 2.24) is 10.2 Å². The second kappa shape index (κ2) is 8.65. The van der Waals surface area contributed by atoms with E-state index in [1.165, 1.54) is 0 Å². The first-order valence-electron chi connectivity index (χ1n) is 8.72. The molecule has 2 amide bonds. The molecule has 1 atom stereocenters. The lowest BCUT2D eigenvalue weighted by atomic mass is 10.1. The molecule has 1 heterocycles. The largest absolute Gasteiger partial charge is 0.451 e. The van der Waals surface area contributed by atoms with Crippen LogP contribution in [-0.4, -0.2) is 48.4 Å². The molecule has 0 bridgehead atoms. The monoisotopic (exact) mass is 346 g/mol. The third kappa shape index (κ3) is 5.31. The number of carbonyl (C=O) groups is 3. The fourth-order valence-electron chi connectivity index (χ4n) is 2.80. The molecule has 6 heteroatoms. The van der Waals surface area contributed by atoms with Crippen LogP contribution in [0.2, 0.25) is 0 Å². The number of nitrogens with one attached hydrogen (secondary N) is 1. The minimum Gasteiger partial charge on any atom is -0.451 e. The number of piperidine rings is 1. The molecule has 0 spiro atoms. The van der Waals surface area contributed by atoms with Gasteiger partial charge in [-0.25, -0.2) is 0 Å². The van der Waals surface area contributed by atoms with Gasteiger partial charge in [-0.1, -0.05) is 6.07 Å². The third-order valence-electron chi connectivity index (χ3n) is 4.49. The molecule has 136 valence electrons. The number of nitrogens with zero attached hydrogens (tertiary/aromatic N) is 1. The molecular formula is C19H26N2O4. The fourth-order valence-corrected chi connectivity index (χ4v) is 2.80. The lowest BCUT2D eigenvalue weighted by molar-refractivity contribution is -0.158. The van der Waals surface area contributed by atoms with Crippen molar-refractivity contribution in [3.8, 4) is 0 Å². The number of rotatable bonds is 5. The SMILES string of the molecule is Cc1ccc(C(=O)NCC(=O)O[C@@H](C)C(=O)N2CCCCC2)cc1C. The Balaban J connectivity index is 1.80. The molecule has 1 N–H and O–H groups in total. The molecule has 1 aliphatic rings. The van der Waals surface area contributed by atoms with E-state index in [4.69, 9.17) is 4.74 Å². The second-order valence-electron chi connectivity index (χ2n) is 6.50. The quantitative estimate of drug-likeness (QED) is 0.827. The van der Waals surface area contributed by atoms with Gasteiger partial charge in [-0.3, -0.25) is 14.4 Å². The maximum absolute atomic E-state index is 12.2. The van der Waals surface area contributed by atoms with Gasteiger partial charge < -0.3 is 15.0 Å². The van der Waals surface area contributed by atoms with E-state index in [9.17, 15) is 14.4 Å². The molecular weight excluding hydrogens is 320 g/mol. The average Bonchev–Trinajstić information content (AvgIpc) is 2.62. The summed E-state index contributed by atoms with van der Waals surface area (Å²) in [5.74, 6) is -1.13. The van der Waals surface area contributed by atoms with Crippen LogP contribution in [0.15, 0.2) is 18.2 Å². The first kappa shape index (κ1) is 19.0. The molecule has 0 unspecified atom stereocenters. The first-order valence-corrected chi connectivity index (χ1v) is 8.72. The van der Waals surface area contributed by atoms with Crippen molar-refractivity contribution in [3.05, 3.63) is 34.9 Å². The Morgan fingerprint density at radius 3 is 2.44 bits per heavy atom. The molecule has 0 radical (unpaired) electrons. The molecule has 1 fully saturated rings. The molecule has 1 aromatic rings. The Kier molecular flexibility index (Phi) is 6.56. The van der Waals surface area contributed by atoms with Gasteiger partial charge in [0.25, 0.3) is 11.8 Å². The maximum Gasteiger partial charge on any atom is 0.326 e. The molecule has 0 aromatic heterocycles. The highest BCUT2D eigenvalue weighted by Gasteiger charge is 2.25. The van der Waals surface area contributed by atoms with E-state index in [2.05, 4.69) is 5.32 Å². The van der Waals surface area contributed by atoms with E-state index < -0.39 is 12.1 Å². The van der Waals surface area contributed by atoms with Crippen LogP contribution in [0.5, 0.6) is 0 Å². The number of aryl methyl sites for hydroxylation is 2. The number of hydrogen-bond donors (Lipinski definition) is 1. The predicted molar refractivity (Wildman–Crippen MR) is 94.2 cm³/mol. The summed E-state index contributed by atoms with van der Waals surface area (Å²) in [5.41, 5.74) is 2.60. The highest BCUT2D eigenvalue weighted by molar-refractivity contribution is 5.96. The van der Waals surface area contributed by atoms with Crippen LogP contribution in [0, 0.1) is 13.8 Å². The smallest absolute Gasteiger partial charge is 0.326 e. The van der Waals surface area contributed by atoms with Gasteiger partial charge in [0.15, 0.2) is 6.10 Å². The molecule has 1 aromatic carbocycles. The van der Waals surface area contributed by atoms with E-state index in [1.54, 1.807) is 24.0 Å². The van der Waals surface area contributed by atoms with Crippen molar-refractivity contribution in [3.63, 3.8) is 0 Å². The average molecular weight is 346 g/mol. The number of carbonyl (C=O) groups excluding carboxylic acids is 3. The number of amides is 2.